The lowest BCUT2D eigenvalue weighted by atomic mass is 9.94. The number of carbonyl (C=O) groups is 2. The molecular weight excluding hydrogens is 460 g/mol. The molecule has 0 aliphatic carbocycles. The second-order valence-corrected chi connectivity index (χ2v) is 8.71. The van der Waals surface area contributed by atoms with Crippen molar-refractivity contribution in [3.8, 4) is 0 Å². The first-order chi connectivity index (χ1) is 16.0. The maximum absolute atomic E-state index is 12.9. The van der Waals surface area contributed by atoms with Gasteiger partial charge in [-0.25, -0.2) is 9.79 Å². The fraction of sp³-hybridized carbons (Fsp3) is 0.250. The number of nitrogens with one attached hydrogen (secondary N) is 1. The molecular formula is C24H23ClN4O3S. The van der Waals surface area contributed by atoms with Crippen LogP contribution < -0.4 is 5.32 Å². The molecule has 0 saturated carbocycles. The molecule has 1 unspecified atom stereocenters. The van der Waals surface area contributed by atoms with E-state index in [1.165, 1.54) is 11.8 Å². The van der Waals surface area contributed by atoms with Gasteiger partial charge in [0.25, 0.3) is 0 Å². The smallest absolute Gasteiger partial charge is 0.338 e. The number of thioether (sulfide) groups is 1. The van der Waals surface area contributed by atoms with Crippen molar-refractivity contribution in [2.45, 2.75) is 32.9 Å². The second-order valence-electron chi connectivity index (χ2n) is 7.44. The van der Waals surface area contributed by atoms with Crippen molar-refractivity contribution in [2.24, 2.45) is 4.99 Å². The number of aromatic nitrogens is 1. The van der Waals surface area contributed by atoms with Crippen LogP contribution in [0.15, 0.2) is 76.0 Å². The summed E-state index contributed by atoms with van der Waals surface area (Å²) >= 11 is 7.54. The zero-order valence-electron chi connectivity index (χ0n) is 18.2. The van der Waals surface area contributed by atoms with Crippen LogP contribution in [0.25, 0.3) is 0 Å². The number of carbonyl (C=O) groups excluding carboxylic acids is 2. The van der Waals surface area contributed by atoms with E-state index < -0.39 is 12.0 Å². The van der Waals surface area contributed by atoms with Gasteiger partial charge in [-0.3, -0.25) is 9.78 Å². The predicted molar refractivity (Wildman–Crippen MR) is 129 cm³/mol. The number of esters is 1. The Morgan fingerprint density at radius 2 is 2.00 bits per heavy atom. The van der Waals surface area contributed by atoms with Crippen molar-refractivity contribution in [2.75, 3.05) is 6.61 Å². The molecule has 9 heteroatoms. The number of rotatable bonds is 7. The molecule has 2 aromatic rings. The second kappa shape index (κ2) is 10.2. The predicted octanol–water partition coefficient (Wildman–Crippen LogP) is 4.58. The quantitative estimate of drug-likeness (QED) is 0.581. The number of ether oxygens (including phenoxy) is 1. The molecule has 3 heterocycles. The minimum atomic E-state index is -0.473. The Kier molecular flexibility index (Phi) is 7.15. The highest BCUT2D eigenvalue weighted by molar-refractivity contribution is 8.16. The highest BCUT2D eigenvalue weighted by atomic mass is 35.5. The summed E-state index contributed by atoms with van der Waals surface area (Å²) in [5.74, 6) is -0.568. The Hall–Kier alpha value is -3.10. The Labute approximate surface area is 201 Å². The monoisotopic (exact) mass is 482 g/mol. The SMILES string of the molecule is CCOC(=O)C1=C(C)N=C2SC=C(CC(=O)NCc3ccccn3)N2C1c1ccc(Cl)cc1. The van der Waals surface area contributed by atoms with Gasteiger partial charge in [0.1, 0.15) is 0 Å². The molecule has 0 spiro atoms. The molecule has 33 heavy (non-hydrogen) atoms. The number of amides is 1. The fourth-order valence-electron chi connectivity index (χ4n) is 3.72. The molecule has 0 fully saturated rings. The number of aliphatic imine (C=N–C) groups is 1. The van der Waals surface area contributed by atoms with Crippen LogP contribution in [0.5, 0.6) is 0 Å². The first-order valence-corrected chi connectivity index (χ1v) is 11.8. The zero-order valence-corrected chi connectivity index (χ0v) is 19.8. The summed E-state index contributed by atoms with van der Waals surface area (Å²) < 4.78 is 5.35. The molecule has 2 aliphatic heterocycles. The molecule has 2 aliphatic rings. The third kappa shape index (κ3) is 5.12. The number of amidine groups is 1. The van der Waals surface area contributed by atoms with Gasteiger partial charge in [-0.2, -0.15) is 0 Å². The summed E-state index contributed by atoms with van der Waals surface area (Å²) in [5.41, 5.74) is 3.44. The standard InChI is InChI=1S/C24H23ClN4O3S/c1-3-32-23(31)21-15(2)28-24-29(22(21)16-7-9-17(25)10-8-16)19(14-33-24)12-20(30)27-13-18-6-4-5-11-26-18/h4-11,14,22H,3,12-13H2,1-2H3,(H,27,30). The molecule has 170 valence electrons. The van der Waals surface area contributed by atoms with Crippen molar-refractivity contribution >= 4 is 40.4 Å². The lowest BCUT2D eigenvalue weighted by Crippen LogP contribution is -2.38. The Morgan fingerprint density at radius 3 is 2.70 bits per heavy atom. The number of halogens is 1. The molecule has 7 nitrogen and oxygen atoms in total. The number of allylic oxidation sites excluding steroid dienone is 1. The molecule has 1 N–H and O–H groups in total. The van der Waals surface area contributed by atoms with E-state index in [9.17, 15) is 9.59 Å². The molecule has 0 bridgehead atoms. The third-order valence-corrected chi connectivity index (χ3v) is 6.36. The van der Waals surface area contributed by atoms with Crippen LogP contribution in [0.4, 0.5) is 0 Å². The number of fused-ring (bicyclic) bond motifs is 1. The van der Waals surface area contributed by atoms with Crippen LogP contribution in [0.1, 0.15) is 37.6 Å². The molecule has 1 aromatic heterocycles. The molecule has 1 amide bonds. The van der Waals surface area contributed by atoms with Crippen molar-refractivity contribution in [3.63, 3.8) is 0 Å². The molecule has 1 aromatic carbocycles. The van der Waals surface area contributed by atoms with Gasteiger partial charge in [-0.05, 0) is 49.1 Å². The number of pyridine rings is 1. The largest absolute Gasteiger partial charge is 0.463 e. The van der Waals surface area contributed by atoms with E-state index in [0.717, 1.165) is 17.0 Å². The van der Waals surface area contributed by atoms with Crippen molar-refractivity contribution in [1.82, 2.24) is 15.2 Å². The summed E-state index contributed by atoms with van der Waals surface area (Å²) in [4.78, 5) is 36.5. The van der Waals surface area contributed by atoms with E-state index in [4.69, 9.17) is 16.3 Å². The summed E-state index contributed by atoms with van der Waals surface area (Å²) in [5, 5.41) is 6.13. The van der Waals surface area contributed by atoms with Crippen LogP contribution in [0.2, 0.25) is 5.02 Å². The summed E-state index contributed by atoms with van der Waals surface area (Å²) in [6.07, 6.45) is 1.83. The topological polar surface area (TPSA) is 83.9 Å². The van der Waals surface area contributed by atoms with Crippen molar-refractivity contribution in [1.29, 1.82) is 0 Å². The maximum atomic E-state index is 12.9. The van der Waals surface area contributed by atoms with Crippen LogP contribution >= 0.6 is 23.4 Å². The van der Waals surface area contributed by atoms with E-state index >= 15 is 0 Å². The minimum Gasteiger partial charge on any atom is -0.463 e. The van der Waals surface area contributed by atoms with E-state index in [2.05, 4.69) is 15.3 Å². The Morgan fingerprint density at radius 1 is 1.21 bits per heavy atom. The van der Waals surface area contributed by atoms with Crippen molar-refractivity contribution < 1.29 is 14.3 Å². The average molecular weight is 483 g/mol. The van der Waals surface area contributed by atoms with Gasteiger partial charge in [0.05, 0.1) is 42.6 Å². The average Bonchev–Trinajstić information content (AvgIpc) is 3.20. The number of benzene rings is 1. The Bertz CT molecular complexity index is 1150. The van der Waals surface area contributed by atoms with Crippen LogP contribution in [-0.2, 0) is 20.9 Å². The lowest BCUT2D eigenvalue weighted by Gasteiger charge is -2.36. The normalized spacial score (nSPS) is 17.3. The third-order valence-electron chi connectivity index (χ3n) is 5.22. The fourth-order valence-corrected chi connectivity index (χ4v) is 4.81. The molecule has 0 saturated heterocycles. The number of nitrogens with zero attached hydrogens (tertiary/aromatic N) is 3. The molecule has 4 rings (SSSR count). The van der Waals surface area contributed by atoms with Gasteiger partial charge < -0.3 is 15.0 Å². The van der Waals surface area contributed by atoms with Gasteiger partial charge in [-0.1, -0.05) is 41.6 Å². The van der Waals surface area contributed by atoms with Crippen LogP contribution in [0.3, 0.4) is 0 Å². The van der Waals surface area contributed by atoms with E-state index in [1.54, 1.807) is 32.2 Å². The van der Waals surface area contributed by atoms with E-state index in [1.807, 2.05) is 40.6 Å². The zero-order chi connectivity index (χ0) is 23.4. The van der Waals surface area contributed by atoms with Crippen LogP contribution in [-0.4, -0.2) is 33.5 Å². The highest BCUT2D eigenvalue weighted by Gasteiger charge is 2.41. The highest BCUT2D eigenvalue weighted by Crippen LogP contribution is 2.44. The molecule has 1 atom stereocenters. The van der Waals surface area contributed by atoms with Gasteiger partial charge in [-0.15, -0.1) is 0 Å². The summed E-state index contributed by atoms with van der Waals surface area (Å²) in [6, 6.07) is 12.4. The minimum absolute atomic E-state index is 0.137. The van der Waals surface area contributed by atoms with Crippen LogP contribution in [0, 0.1) is 0 Å². The van der Waals surface area contributed by atoms with Gasteiger partial charge in [0.2, 0.25) is 5.91 Å². The first kappa shape index (κ1) is 23.1. The van der Waals surface area contributed by atoms with E-state index in [-0.39, 0.29) is 18.9 Å². The van der Waals surface area contributed by atoms with Gasteiger partial charge in [0, 0.05) is 16.9 Å². The number of hydrogen-bond donors (Lipinski definition) is 1. The number of hydrogen-bond acceptors (Lipinski definition) is 7. The first-order valence-electron chi connectivity index (χ1n) is 10.5. The van der Waals surface area contributed by atoms with Gasteiger partial charge in [0.15, 0.2) is 5.17 Å². The van der Waals surface area contributed by atoms with E-state index in [0.29, 0.717) is 28.0 Å². The maximum Gasteiger partial charge on any atom is 0.338 e. The van der Waals surface area contributed by atoms with Crippen molar-refractivity contribution in [3.05, 3.63) is 87.3 Å². The van der Waals surface area contributed by atoms with Gasteiger partial charge >= 0.3 is 5.97 Å². The Balaban J connectivity index is 1.60. The lowest BCUT2D eigenvalue weighted by molar-refractivity contribution is -0.139. The summed E-state index contributed by atoms with van der Waals surface area (Å²) in [7, 11) is 0. The summed E-state index contributed by atoms with van der Waals surface area (Å²) in [6.45, 7) is 4.17. The molecule has 0 radical (unpaired) electrons.